The molecule has 1 heterocycles. The molecule has 3 aromatic rings. The number of amidine groups is 1. The first kappa shape index (κ1) is 20.7. The molecule has 0 saturated carbocycles. The minimum Gasteiger partial charge on any atom is -0.489 e. The zero-order valence-electron chi connectivity index (χ0n) is 16.7. The lowest BCUT2D eigenvalue weighted by atomic mass is 10.2. The van der Waals surface area contributed by atoms with E-state index in [9.17, 15) is 4.79 Å². The van der Waals surface area contributed by atoms with Crippen LogP contribution in [0.15, 0.2) is 89.1 Å². The summed E-state index contributed by atoms with van der Waals surface area (Å²) < 4.78 is 11.9. The highest BCUT2D eigenvalue weighted by molar-refractivity contribution is 8.15. The summed E-state index contributed by atoms with van der Waals surface area (Å²) >= 11 is 1.33. The summed E-state index contributed by atoms with van der Waals surface area (Å²) in [6.45, 7) is 0.902. The molecule has 0 spiro atoms. The Morgan fingerprint density at radius 3 is 2.23 bits per heavy atom. The van der Waals surface area contributed by atoms with Crippen LogP contribution in [0, 0.1) is 0 Å². The van der Waals surface area contributed by atoms with Gasteiger partial charge in [-0.2, -0.15) is 5.10 Å². The number of carbonyl (C=O) groups is 1. The number of nitrogens with one attached hydrogen (secondary N) is 1. The van der Waals surface area contributed by atoms with Gasteiger partial charge in [0.1, 0.15) is 24.7 Å². The molecule has 1 amide bonds. The Labute approximate surface area is 185 Å². The van der Waals surface area contributed by atoms with E-state index in [2.05, 4.69) is 15.5 Å². The summed E-state index contributed by atoms with van der Waals surface area (Å²) in [6.07, 6.45) is 1.60. The molecule has 1 saturated heterocycles. The molecule has 1 N–H and O–H groups in total. The predicted molar refractivity (Wildman–Crippen MR) is 124 cm³/mol. The van der Waals surface area contributed by atoms with Crippen LogP contribution in [0.5, 0.6) is 11.5 Å². The number of amides is 1. The summed E-state index contributed by atoms with van der Waals surface area (Å²) in [5.74, 6) is 1.67. The van der Waals surface area contributed by atoms with Gasteiger partial charge in [-0.15, -0.1) is 5.10 Å². The zero-order chi connectivity index (χ0) is 21.3. The van der Waals surface area contributed by atoms with Crippen molar-refractivity contribution in [2.45, 2.75) is 13.2 Å². The number of rotatable bonds is 8. The minimum atomic E-state index is -0.0675. The molecule has 156 valence electrons. The van der Waals surface area contributed by atoms with Crippen molar-refractivity contribution in [2.75, 3.05) is 5.75 Å². The average Bonchev–Trinajstić information content (AvgIpc) is 3.23. The van der Waals surface area contributed by atoms with Crippen molar-refractivity contribution in [3.63, 3.8) is 0 Å². The van der Waals surface area contributed by atoms with Gasteiger partial charge in [-0.05, 0) is 29.3 Å². The number of nitrogens with zero attached hydrogens (tertiary/aromatic N) is 2. The second-order valence-electron chi connectivity index (χ2n) is 6.73. The largest absolute Gasteiger partial charge is 0.489 e. The van der Waals surface area contributed by atoms with Gasteiger partial charge in [0.2, 0.25) is 5.91 Å². The molecule has 0 unspecified atom stereocenters. The van der Waals surface area contributed by atoms with Gasteiger partial charge in [-0.3, -0.25) is 4.79 Å². The van der Waals surface area contributed by atoms with Crippen LogP contribution in [0.1, 0.15) is 16.7 Å². The second kappa shape index (κ2) is 10.4. The van der Waals surface area contributed by atoms with Crippen molar-refractivity contribution in [1.82, 2.24) is 5.32 Å². The summed E-state index contributed by atoms with van der Waals surface area (Å²) in [5, 5.41) is 11.3. The number of benzene rings is 3. The van der Waals surface area contributed by atoms with Gasteiger partial charge < -0.3 is 14.8 Å². The Balaban J connectivity index is 1.50. The van der Waals surface area contributed by atoms with E-state index in [0.29, 0.717) is 35.6 Å². The Bertz CT molecular complexity index is 1090. The smallest absolute Gasteiger partial charge is 0.236 e. The van der Waals surface area contributed by atoms with Gasteiger partial charge in [0.25, 0.3) is 0 Å². The van der Waals surface area contributed by atoms with Crippen LogP contribution < -0.4 is 14.8 Å². The van der Waals surface area contributed by atoms with Crippen LogP contribution in [-0.2, 0) is 18.0 Å². The van der Waals surface area contributed by atoms with Gasteiger partial charge in [0, 0.05) is 5.56 Å². The van der Waals surface area contributed by atoms with E-state index in [0.717, 1.165) is 16.7 Å². The molecule has 4 rings (SSSR count). The third-order valence-corrected chi connectivity index (χ3v) is 5.26. The molecule has 3 aromatic carbocycles. The van der Waals surface area contributed by atoms with Crippen LogP contribution in [-0.4, -0.2) is 23.0 Å². The summed E-state index contributed by atoms with van der Waals surface area (Å²) in [7, 11) is 0. The molecule has 0 radical (unpaired) electrons. The fourth-order valence-corrected chi connectivity index (χ4v) is 3.48. The maximum atomic E-state index is 11.3. The highest BCUT2D eigenvalue weighted by Gasteiger charge is 2.16. The first-order valence-corrected chi connectivity index (χ1v) is 10.8. The molecule has 0 aliphatic carbocycles. The quantitative estimate of drug-likeness (QED) is 0.424. The van der Waals surface area contributed by atoms with Gasteiger partial charge >= 0.3 is 0 Å². The number of hydrogen-bond donors (Lipinski definition) is 1. The van der Waals surface area contributed by atoms with Crippen molar-refractivity contribution >= 4 is 29.1 Å². The molecule has 1 aliphatic heterocycles. The van der Waals surface area contributed by atoms with E-state index in [-0.39, 0.29) is 5.91 Å². The fraction of sp³-hybridized carbons (Fsp3) is 0.125. The van der Waals surface area contributed by atoms with E-state index in [1.807, 2.05) is 78.9 Å². The number of hydrogen-bond acceptors (Lipinski definition) is 6. The lowest BCUT2D eigenvalue weighted by Crippen LogP contribution is -2.19. The normalized spacial score (nSPS) is 14.7. The van der Waals surface area contributed by atoms with Crippen LogP contribution in [0.2, 0.25) is 0 Å². The molecule has 0 bridgehead atoms. The number of ether oxygens (including phenoxy) is 2. The van der Waals surface area contributed by atoms with E-state index in [4.69, 9.17) is 9.47 Å². The third kappa shape index (κ3) is 6.20. The summed E-state index contributed by atoms with van der Waals surface area (Å²) in [6, 6.07) is 25.5. The fourth-order valence-electron chi connectivity index (χ4n) is 2.85. The Kier molecular flexibility index (Phi) is 6.97. The highest BCUT2D eigenvalue weighted by Crippen LogP contribution is 2.25. The van der Waals surface area contributed by atoms with Crippen LogP contribution in [0.4, 0.5) is 0 Å². The Morgan fingerprint density at radius 1 is 0.903 bits per heavy atom. The maximum absolute atomic E-state index is 11.3. The standard InChI is InChI=1S/C24H21N3O3S/c28-23-17-31-24(26-23)27-25-14-20-13-21(29-15-18-7-3-1-4-8-18)11-12-22(20)30-16-19-9-5-2-6-10-19/h1-14H,15-17H2,(H,26,27,28). The van der Waals surface area contributed by atoms with Gasteiger partial charge in [-0.25, -0.2) is 0 Å². The van der Waals surface area contributed by atoms with Crippen molar-refractivity contribution in [3.8, 4) is 11.5 Å². The molecular weight excluding hydrogens is 410 g/mol. The molecule has 1 aliphatic rings. The maximum Gasteiger partial charge on any atom is 0.236 e. The molecule has 0 aromatic heterocycles. The lowest BCUT2D eigenvalue weighted by Gasteiger charge is -2.12. The summed E-state index contributed by atoms with van der Waals surface area (Å²) in [5.41, 5.74) is 2.89. The second-order valence-corrected chi connectivity index (χ2v) is 7.70. The molecule has 7 heteroatoms. The van der Waals surface area contributed by atoms with Crippen LogP contribution in [0.3, 0.4) is 0 Å². The van der Waals surface area contributed by atoms with Gasteiger partial charge in [0.05, 0.1) is 12.0 Å². The summed E-state index contributed by atoms with van der Waals surface area (Å²) in [4.78, 5) is 11.3. The van der Waals surface area contributed by atoms with Crippen LogP contribution >= 0.6 is 11.8 Å². The lowest BCUT2D eigenvalue weighted by molar-refractivity contribution is -0.116. The molecule has 1 fully saturated rings. The third-order valence-electron chi connectivity index (χ3n) is 4.40. The molecule has 0 atom stereocenters. The van der Waals surface area contributed by atoms with E-state index < -0.39 is 0 Å². The Hall–Kier alpha value is -3.58. The number of carbonyl (C=O) groups excluding carboxylic acids is 1. The predicted octanol–water partition coefficient (Wildman–Crippen LogP) is 4.40. The monoisotopic (exact) mass is 431 g/mol. The van der Waals surface area contributed by atoms with Crippen LogP contribution in [0.25, 0.3) is 0 Å². The number of thioether (sulfide) groups is 1. The zero-order valence-corrected chi connectivity index (χ0v) is 17.5. The SMILES string of the molecule is O=C1CSC(=NN=Cc2cc(OCc3ccccc3)ccc2OCc2ccccc2)N1. The van der Waals surface area contributed by atoms with Crippen molar-refractivity contribution in [3.05, 3.63) is 95.6 Å². The first-order valence-electron chi connectivity index (χ1n) is 9.77. The van der Waals surface area contributed by atoms with Gasteiger partial charge in [0.15, 0.2) is 5.17 Å². The molecular formula is C24H21N3O3S. The minimum absolute atomic E-state index is 0.0675. The highest BCUT2D eigenvalue weighted by atomic mass is 32.2. The first-order chi connectivity index (χ1) is 15.3. The average molecular weight is 432 g/mol. The van der Waals surface area contributed by atoms with E-state index in [1.165, 1.54) is 11.8 Å². The van der Waals surface area contributed by atoms with Crippen molar-refractivity contribution < 1.29 is 14.3 Å². The van der Waals surface area contributed by atoms with Gasteiger partial charge in [-0.1, -0.05) is 72.4 Å². The topological polar surface area (TPSA) is 72.3 Å². The van der Waals surface area contributed by atoms with E-state index >= 15 is 0 Å². The van der Waals surface area contributed by atoms with Crippen molar-refractivity contribution in [2.24, 2.45) is 10.2 Å². The molecule has 31 heavy (non-hydrogen) atoms. The Morgan fingerprint density at radius 2 is 1.58 bits per heavy atom. The molecule has 6 nitrogen and oxygen atoms in total. The van der Waals surface area contributed by atoms with Crippen molar-refractivity contribution in [1.29, 1.82) is 0 Å². The van der Waals surface area contributed by atoms with E-state index in [1.54, 1.807) is 6.21 Å².